The van der Waals surface area contributed by atoms with Gasteiger partial charge in [-0.15, -0.1) is 0 Å². The van der Waals surface area contributed by atoms with Gasteiger partial charge in [0.2, 0.25) is 0 Å². The molecule has 2 aromatic rings. The van der Waals surface area contributed by atoms with E-state index in [0.717, 1.165) is 29.7 Å². The Morgan fingerprint density at radius 3 is 2.83 bits per heavy atom. The molecule has 1 heterocycles. The van der Waals surface area contributed by atoms with Crippen molar-refractivity contribution >= 4 is 44.9 Å². The molecule has 1 saturated heterocycles. The number of carbonyl (C=O) groups is 1. The summed E-state index contributed by atoms with van der Waals surface area (Å²) in [5.41, 5.74) is 1.50. The van der Waals surface area contributed by atoms with Crippen molar-refractivity contribution in [3.8, 4) is 0 Å². The van der Waals surface area contributed by atoms with Gasteiger partial charge in [-0.2, -0.15) is 0 Å². The first-order chi connectivity index (χ1) is 11.5. The lowest BCUT2D eigenvalue weighted by molar-refractivity contribution is 0.249. The van der Waals surface area contributed by atoms with Gasteiger partial charge in [-0.05, 0) is 52.7 Å². The first-order valence-electron chi connectivity index (χ1n) is 7.55. The Hall–Kier alpha value is -1.79. The van der Waals surface area contributed by atoms with E-state index in [4.69, 9.17) is 11.6 Å². The summed E-state index contributed by atoms with van der Waals surface area (Å²) < 4.78 is 14.1. The summed E-state index contributed by atoms with van der Waals surface area (Å²) in [6.07, 6.45) is 0.853. The molecular weight excluding hydrogens is 397 g/mol. The molecule has 1 unspecified atom stereocenters. The number of benzene rings is 2. The van der Waals surface area contributed by atoms with Crippen LogP contribution in [-0.2, 0) is 0 Å². The number of para-hydroxylation sites is 1. The van der Waals surface area contributed by atoms with Crippen LogP contribution in [0.1, 0.15) is 6.42 Å². The fraction of sp³-hybridized carbons (Fsp3) is 0.235. The van der Waals surface area contributed by atoms with Crippen molar-refractivity contribution in [1.29, 1.82) is 0 Å². The minimum absolute atomic E-state index is 0.0383. The zero-order chi connectivity index (χ0) is 17.1. The van der Waals surface area contributed by atoms with Crippen LogP contribution in [-0.4, -0.2) is 25.2 Å². The maximum atomic E-state index is 13.0. The number of halogens is 3. The molecular formula is C17H16BrClFN3O. The van der Waals surface area contributed by atoms with Crippen molar-refractivity contribution in [2.45, 2.75) is 12.5 Å². The summed E-state index contributed by atoms with van der Waals surface area (Å²) in [6, 6.07) is 11.6. The van der Waals surface area contributed by atoms with Crippen LogP contribution in [0.2, 0.25) is 5.02 Å². The van der Waals surface area contributed by atoms with Gasteiger partial charge in [0.25, 0.3) is 0 Å². The number of hydrogen-bond acceptors (Lipinski definition) is 2. The average Bonchev–Trinajstić information content (AvgIpc) is 2.99. The predicted molar refractivity (Wildman–Crippen MR) is 98.3 cm³/mol. The van der Waals surface area contributed by atoms with Gasteiger partial charge in [-0.1, -0.05) is 23.7 Å². The highest BCUT2D eigenvalue weighted by Crippen LogP contribution is 2.28. The number of rotatable bonds is 3. The maximum absolute atomic E-state index is 13.0. The predicted octanol–water partition coefficient (Wildman–Crippen LogP) is 4.64. The fourth-order valence-electron chi connectivity index (χ4n) is 2.74. The fourth-order valence-corrected chi connectivity index (χ4v) is 3.49. The Bertz CT molecular complexity index is 758. The third kappa shape index (κ3) is 3.99. The number of carbonyl (C=O) groups excluding carboxylic acids is 1. The summed E-state index contributed by atoms with van der Waals surface area (Å²) in [5.74, 6) is -0.439. The molecule has 2 N–H and O–H groups in total. The van der Waals surface area contributed by atoms with Gasteiger partial charge in [-0.25, -0.2) is 9.18 Å². The lowest BCUT2D eigenvalue weighted by atomic mass is 10.2. The van der Waals surface area contributed by atoms with Crippen molar-refractivity contribution in [1.82, 2.24) is 5.32 Å². The van der Waals surface area contributed by atoms with Crippen molar-refractivity contribution in [2.75, 3.05) is 23.3 Å². The van der Waals surface area contributed by atoms with Crippen LogP contribution in [0, 0.1) is 5.82 Å². The largest absolute Gasteiger partial charge is 0.368 e. The molecule has 2 aromatic carbocycles. The average molecular weight is 413 g/mol. The molecule has 1 atom stereocenters. The van der Waals surface area contributed by atoms with Crippen molar-refractivity contribution in [3.63, 3.8) is 0 Å². The monoisotopic (exact) mass is 411 g/mol. The molecule has 1 fully saturated rings. The number of anilines is 2. The van der Waals surface area contributed by atoms with Gasteiger partial charge in [0.15, 0.2) is 0 Å². The minimum Gasteiger partial charge on any atom is -0.368 e. The van der Waals surface area contributed by atoms with Crippen LogP contribution in [0.15, 0.2) is 46.9 Å². The van der Waals surface area contributed by atoms with E-state index < -0.39 is 5.82 Å². The van der Waals surface area contributed by atoms with E-state index in [1.807, 2.05) is 24.3 Å². The lowest BCUT2D eigenvalue weighted by Crippen LogP contribution is -2.39. The van der Waals surface area contributed by atoms with E-state index in [9.17, 15) is 9.18 Å². The van der Waals surface area contributed by atoms with Crippen LogP contribution >= 0.6 is 27.5 Å². The third-order valence-corrected chi connectivity index (χ3v) is 4.88. The molecule has 24 heavy (non-hydrogen) atoms. The summed E-state index contributed by atoms with van der Waals surface area (Å²) in [4.78, 5) is 14.3. The second-order valence-electron chi connectivity index (χ2n) is 5.61. The maximum Gasteiger partial charge on any atom is 0.319 e. The molecule has 0 bridgehead atoms. The van der Waals surface area contributed by atoms with Gasteiger partial charge >= 0.3 is 6.03 Å². The topological polar surface area (TPSA) is 44.4 Å². The number of nitrogens with one attached hydrogen (secondary N) is 2. The minimum atomic E-state index is -0.439. The summed E-state index contributed by atoms with van der Waals surface area (Å²) in [7, 11) is 0. The molecule has 0 saturated carbocycles. The molecule has 0 spiro atoms. The second kappa shape index (κ2) is 7.40. The molecule has 4 nitrogen and oxygen atoms in total. The van der Waals surface area contributed by atoms with E-state index in [0.29, 0.717) is 5.69 Å². The SMILES string of the molecule is O=C(Nc1ccc(F)cc1Cl)NC1CCN(c2ccccc2Br)C1. The summed E-state index contributed by atoms with van der Waals surface area (Å²) in [6.45, 7) is 1.60. The van der Waals surface area contributed by atoms with E-state index in [-0.39, 0.29) is 17.1 Å². The molecule has 1 aliphatic heterocycles. The lowest BCUT2D eigenvalue weighted by Gasteiger charge is -2.20. The van der Waals surface area contributed by atoms with Gasteiger partial charge < -0.3 is 15.5 Å². The molecule has 2 amide bonds. The van der Waals surface area contributed by atoms with Crippen molar-refractivity contribution < 1.29 is 9.18 Å². The molecule has 7 heteroatoms. The number of amides is 2. The van der Waals surface area contributed by atoms with Crippen LogP contribution in [0.3, 0.4) is 0 Å². The highest BCUT2D eigenvalue weighted by atomic mass is 79.9. The van der Waals surface area contributed by atoms with Gasteiger partial charge in [0.05, 0.1) is 16.4 Å². The first-order valence-corrected chi connectivity index (χ1v) is 8.72. The number of urea groups is 1. The van der Waals surface area contributed by atoms with Crippen molar-refractivity contribution in [2.24, 2.45) is 0 Å². The highest BCUT2D eigenvalue weighted by Gasteiger charge is 2.25. The molecule has 1 aliphatic rings. The number of nitrogens with zero attached hydrogens (tertiary/aromatic N) is 1. The van der Waals surface area contributed by atoms with E-state index in [1.165, 1.54) is 18.2 Å². The molecule has 3 rings (SSSR count). The third-order valence-electron chi connectivity index (χ3n) is 3.90. The molecule has 126 valence electrons. The Balaban J connectivity index is 1.57. The molecule has 0 radical (unpaired) electrons. The van der Waals surface area contributed by atoms with Crippen molar-refractivity contribution in [3.05, 3.63) is 57.8 Å². The Morgan fingerprint density at radius 1 is 1.29 bits per heavy atom. The Morgan fingerprint density at radius 2 is 2.08 bits per heavy atom. The molecule has 0 aliphatic carbocycles. The summed E-state index contributed by atoms with van der Waals surface area (Å²) in [5, 5.41) is 5.76. The van der Waals surface area contributed by atoms with Crippen LogP contribution in [0.5, 0.6) is 0 Å². The van der Waals surface area contributed by atoms with Gasteiger partial charge in [-0.3, -0.25) is 0 Å². The normalized spacial score (nSPS) is 17.0. The van der Waals surface area contributed by atoms with Crippen LogP contribution in [0.25, 0.3) is 0 Å². The standard InChI is InChI=1S/C17H16BrClFN3O/c18-13-3-1-2-4-16(13)23-8-7-12(10-23)21-17(24)22-15-6-5-11(20)9-14(15)19/h1-6,9,12H,7-8,10H2,(H2,21,22,24). The number of hydrogen-bond donors (Lipinski definition) is 2. The summed E-state index contributed by atoms with van der Waals surface area (Å²) >= 11 is 9.46. The van der Waals surface area contributed by atoms with E-state index in [2.05, 4.69) is 31.5 Å². The second-order valence-corrected chi connectivity index (χ2v) is 6.87. The Kier molecular flexibility index (Phi) is 5.26. The molecule has 0 aromatic heterocycles. The van der Waals surface area contributed by atoms with Gasteiger partial charge in [0.1, 0.15) is 5.82 Å². The van der Waals surface area contributed by atoms with Crippen LogP contribution in [0.4, 0.5) is 20.6 Å². The highest BCUT2D eigenvalue weighted by molar-refractivity contribution is 9.10. The zero-order valence-electron chi connectivity index (χ0n) is 12.7. The van der Waals surface area contributed by atoms with Crippen LogP contribution < -0.4 is 15.5 Å². The quantitative estimate of drug-likeness (QED) is 0.771. The Labute approximate surface area is 153 Å². The van der Waals surface area contributed by atoms with Gasteiger partial charge in [0, 0.05) is 23.6 Å². The first kappa shape index (κ1) is 17.0. The zero-order valence-corrected chi connectivity index (χ0v) is 15.1. The van der Waals surface area contributed by atoms with E-state index in [1.54, 1.807) is 0 Å². The van der Waals surface area contributed by atoms with E-state index >= 15 is 0 Å². The smallest absolute Gasteiger partial charge is 0.319 e.